The average Bonchev–Trinajstić information content (AvgIpc) is 2.62. The summed E-state index contributed by atoms with van der Waals surface area (Å²) >= 11 is 5.53. The molecule has 0 saturated carbocycles. The van der Waals surface area contributed by atoms with Crippen LogP contribution in [0.4, 0.5) is 5.69 Å². The molecule has 0 radical (unpaired) electrons. The maximum Gasteiger partial charge on any atom is 0.338 e. The molecule has 2 N–H and O–H groups in total. The Morgan fingerprint density at radius 2 is 1.89 bits per heavy atom. The van der Waals surface area contributed by atoms with Crippen LogP contribution in [0.3, 0.4) is 0 Å². The molecule has 5 heteroatoms. The molecule has 0 unspecified atom stereocenters. The Labute approximate surface area is 167 Å². The molecule has 4 nitrogen and oxygen atoms in total. The predicted octanol–water partition coefficient (Wildman–Crippen LogP) is 5.23. The van der Waals surface area contributed by atoms with Crippen LogP contribution < -0.4 is 10.6 Å². The number of ether oxygens (including phenoxy) is 1. The van der Waals surface area contributed by atoms with Crippen molar-refractivity contribution in [2.75, 3.05) is 11.9 Å². The number of carbonyl (C=O) groups is 1. The van der Waals surface area contributed by atoms with Crippen molar-refractivity contribution in [1.82, 2.24) is 5.32 Å². The SMILES string of the molecule is CCOC(=O)c1cccc(NC(=S)N[C@@H](CC)c2ccc(C)cc2C)c1C. The molecule has 0 spiro atoms. The minimum Gasteiger partial charge on any atom is -0.462 e. The predicted molar refractivity (Wildman–Crippen MR) is 115 cm³/mol. The maximum atomic E-state index is 12.1. The Morgan fingerprint density at radius 1 is 1.15 bits per heavy atom. The lowest BCUT2D eigenvalue weighted by molar-refractivity contribution is 0.0525. The summed E-state index contributed by atoms with van der Waals surface area (Å²) in [5.74, 6) is -0.320. The lowest BCUT2D eigenvalue weighted by atomic mass is 9.98. The summed E-state index contributed by atoms with van der Waals surface area (Å²) in [5.41, 5.74) is 5.90. The van der Waals surface area contributed by atoms with E-state index in [1.807, 2.05) is 19.1 Å². The molecule has 0 aromatic heterocycles. The van der Waals surface area contributed by atoms with Gasteiger partial charge in [0.2, 0.25) is 0 Å². The molecule has 2 rings (SSSR count). The topological polar surface area (TPSA) is 50.4 Å². The number of aryl methyl sites for hydroxylation is 2. The van der Waals surface area contributed by atoms with Crippen LogP contribution in [0, 0.1) is 20.8 Å². The highest BCUT2D eigenvalue weighted by Crippen LogP contribution is 2.23. The Hall–Kier alpha value is -2.40. The third-order valence-corrected chi connectivity index (χ3v) is 4.81. The van der Waals surface area contributed by atoms with E-state index in [0.717, 1.165) is 17.7 Å². The van der Waals surface area contributed by atoms with Crippen molar-refractivity contribution in [3.8, 4) is 0 Å². The summed E-state index contributed by atoms with van der Waals surface area (Å²) in [7, 11) is 0. The molecule has 2 aromatic rings. The van der Waals surface area contributed by atoms with Gasteiger partial charge in [0.25, 0.3) is 0 Å². The van der Waals surface area contributed by atoms with Crippen molar-refractivity contribution in [2.45, 2.75) is 47.1 Å². The van der Waals surface area contributed by atoms with E-state index in [0.29, 0.717) is 17.3 Å². The van der Waals surface area contributed by atoms with E-state index in [9.17, 15) is 4.79 Å². The van der Waals surface area contributed by atoms with E-state index < -0.39 is 0 Å². The highest BCUT2D eigenvalue weighted by molar-refractivity contribution is 7.80. The first kappa shape index (κ1) is 20.9. The van der Waals surface area contributed by atoms with E-state index in [4.69, 9.17) is 17.0 Å². The molecule has 0 fully saturated rings. The van der Waals surface area contributed by atoms with Gasteiger partial charge < -0.3 is 15.4 Å². The largest absolute Gasteiger partial charge is 0.462 e. The quantitative estimate of drug-likeness (QED) is 0.528. The molecule has 0 aliphatic carbocycles. The van der Waals surface area contributed by atoms with E-state index in [1.54, 1.807) is 13.0 Å². The van der Waals surface area contributed by atoms with E-state index in [2.05, 4.69) is 49.6 Å². The molecule has 144 valence electrons. The molecule has 0 bridgehead atoms. The number of hydrogen-bond acceptors (Lipinski definition) is 3. The zero-order chi connectivity index (χ0) is 20.0. The Morgan fingerprint density at radius 3 is 2.52 bits per heavy atom. The third kappa shape index (κ3) is 5.30. The van der Waals surface area contributed by atoms with Gasteiger partial charge in [0.15, 0.2) is 5.11 Å². The maximum absolute atomic E-state index is 12.1. The molecule has 2 aromatic carbocycles. The second-order valence-corrected chi connectivity index (χ2v) is 7.03. The third-order valence-electron chi connectivity index (χ3n) is 4.59. The van der Waals surface area contributed by atoms with Crippen LogP contribution in [-0.2, 0) is 4.74 Å². The molecule has 1 atom stereocenters. The molecular formula is C22H28N2O2S. The van der Waals surface area contributed by atoms with E-state index in [1.165, 1.54) is 16.7 Å². The number of esters is 1. The zero-order valence-electron chi connectivity index (χ0n) is 16.7. The van der Waals surface area contributed by atoms with Crippen LogP contribution in [0.5, 0.6) is 0 Å². The number of hydrogen-bond donors (Lipinski definition) is 2. The first-order valence-electron chi connectivity index (χ1n) is 9.28. The van der Waals surface area contributed by atoms with Crippen LogP contribution in [0.15, 0.2) is 36.4 Å². The first-order valence-corrected chi connectivity index (χ1v) is 9.69. The monoisotopic (exact) mass is 384 g/mol. The van der Waals surface area contributed by atoms with Crippen molar-refractivity contribution in [1.29, 1.82) is 0 Å². The van der Waals surface area contributed by atoms with Gasteiger partial charge in [-0.15, -0.1) is 0 Å². The molecule has 0 saturated heterocycles. The lowest BCUT2D eigenvalue weighted by Gasteiger charge is -2.22. The highest BCUT2D eigenvalue weighted by Gasteiger charge is 2.16. The van der Waals surface area contributed by atoms with Crippen LogP contribution >= 0.6 is 12.2 Å². The summed E-state index contributed by atoms with van der Waals surface area (Å²) < 4.78 is 5.12. The van der Waals surface area contributed by atoms with Gasteiger partial charge in [0.05, 0.1) is 18.2 Å². The van der Waals surface area contributed by atoms with Crippen molar-refractivity contribution in [2.24, 2.45) is 0 Å². The molecule has 0 aliphatic heterocycles. The standard InChI is InChI=1S/C22H28N2O2S/c1-6-19(17-12-11-14(3)13-15(17)4)23-22(27)24-20-10-8-9-18(16(20)5)21(25)26-7-2/h8-13,19H,6-7H2,1-5H3,(H2,23,24,27)/t19-/m0/s1. The summed E-state index contributed by atoms with van der Waals surface area (Å²) in [6.45, 7) is 10.4. The fourth-order valence-electron chi connectivity index (χ4n) is 3.13. The van der Waals surface area contributed by atoms with Crippen LogP contribution in [0.25, 0.3) is 0 Å². The van der Waals surface area contributed by atoms with E-state index >= 15 is 0 Å². The van der Waals surface area contributed by atoms with Gasteiger partial charge in [-0.05, 0) is 75.2 Å². The smallest absolute Gasteiger partial charge is 0.338 e. The lowest BCUT2D eigenvalue weighted by Crippen LogP contribution is -2.32. The number of rotatable bonds is 6. The Balaban J connectivity index is 2.15. The van der Waals surface area contributed by atoms with Crippen molar-refractivity contribution >= 4 is 29.0 Å². The molecule has 0 aliphatic rings. The van der Waals surface area contributed by atoms with Gasteiger partial charge in [-0.1, -0.05) is 36.8 Å². The highest BCUT2D eigenvalue weighted by atomic mass is 32.1. The Kier molecular flexibility index (Phi) is 7.36. The number of carbonyl (C=O) groups excluding carboxylic acids is 1. The van der Waals surface area contributed by atoms with Gasteiger partial charge in [-0.25, -0.2) is 4.79 Å². The van der Waals surface area contributed by atoms with Gasteiger partial charge in [-0.3, -0.25) is 0 Å². The first-order chi connectivity index (χ1) is 12.9. The molecule has 27 heavy (non-hydrogen) atoms. The molecule has 0 amide bonds. The fraction of sp³-hybridized carbons (Fsp3) is 0.364. The molecular weight excluding hydrogens is 356 g/mol. The van der Waals surface area contributed by atoms with Gasteiger partial charge in [-0.2, -0.15) is 0 Å². The minimum atomic E-state index is -0.320. The van der Waals surface area contributed by atoms with Crippen molar-refractivity contribution in [3.63, 3.8) is 0 Å². The second-order valence-electron chi connectivity index (χ2n) is 6.62. The number of nitrogens with one attached hydrogen (secondary N) is 2. The van der Waals surface area contributed by atoms with Crippen LogP contribution in [0.2, 0.25) is 0 Å². The summed E-state index contributed by atoms with van der Waals surface area (Å²) in [4.78, 5) is 12.1. The number of thiocarbonyl (C=S) groups is 1. The number of benzene rings is 2. The molecule has 0 heterocycles. The van der Waals surface area contributed by atoms with Crippen molar-refractivity contribution < 1.29 is 9.53 Å². The average molecular weight is 385 g/mol. The zero-order valence-corrected chi connectivity index (χ0v) is 17.5. The van der Waals surface area contributed by atoms with Gasteiger partial charge in [0, 0.05) is 5.69 Å². The van der Waals surface area contributed by atoms with Crippen molar-refractivity contribution in [3.05, 3.63) is 64.2 Å². The minimum absolute atomic E-state index is 0.124. The summed E-state index contributed by atoms with van der Waals surface area (Å²) in [5, 5.41) is 7.16. The second kappa shape index (κ2) is 9.51. The normalized spacial score (nSPS) is 11.6. The van der Waals surface area contributed by atoms with Crippen LogP contribution in [-0.4, -0.2) is 17.7 Å². The summed E-state index contributed by atoms with van der Waals surface area (Å²) in [6, 6.07) is 12.1. The van der Waals surface area contributed by atoms with Gasteiger partial charge in [0.1, 0.15) is 0 Å². The van der Waals surface area contributed by atoms with E-state index in [-0.39, 0.29) is 12.0 Å². The Bertz CT molecular complexity index is 833. The van der Waals surface area contributed by atoms with Crippen LogP contribution in [0.1, 0.15) is 58.9 Å². The number of anilines is 1. The summed E-state index contributed by atoms with van der Waals surface area (Å²) in [6.07, 6.45) is 0.910. The van der Waals surface area contributed by atoms with Gasteiger partial charge >= 0.3 is 5.97 Å². The fourth-order valence-corrected chi connectivity index (χ4v) is 3.39.